The van der Waals surface area contributed by atoms with Crippen LogP contribution in [0.1, 0.15) is 38.2 Å². The van der Waals surface area contributed by atoms with Gasteiger partial charge in [-0.05, 0) is 67.6 Å². The molecule has 0 saturated carbocycles. The zero-order chi connectivity index (χ0) is 28.3. The predicted molar refractivity (Wildman–Crippen MR) is 149 cm³/mol. The van der Waals surface area contributed by atoms with Gasteiger partial charge in [-0.25, -0.2) is 9.97 Å². The second-order valence-corrected chi connectivity index (χ2v) is 9.98. The van der Waals surface area contributed by atoms with Gasteiger partial charge in [0, 0.05) is 66.7 Å². The van der Waals surface area contributed by atoms with E-state index in [4.69, 9.17) is 0 Å². The number of hydrogen-bond acceptors (Lipinski definition) is 5. The molecule has 204 valence electrons. The summed E-state index contributed by atoms with van der Waals surface area (Å²) in [6.45, 7) is 5.14. The summed E-state index contributed by atoms with van der Waals surface area (Å²) in [6, 6.07) is 14.7. The molecule has 3 aromatic carbocycles. The van der Waals surface area contributed by atoms with Crippen LogP contribution in [0.2, 0.25) is 0 Å². The highest BCUT2D eigenvalue weighted by molar-refractivity contribution is 6.04. The number of carbonyl (C=O) groups is 1. The molecule has 0 bridgehead atoms. The zero-order valence-corrected chi connectivity index (χ0v) is 22.2. The fourth-order valence-corrected chi connectivity index (χ4v) is 4.61. The largest absolute Gasteiger partial charge is 0.416 e. The van der Waals surface area contributed by atoms with Gasteiger partial charge in [-0.15, -0.1) is 0 Å². The molecule has 0 unspecified atom stereocenters. The van der Waals surface area contributed by atoms with Crippen molar-refractivity contribution in [1.82, 2.24) is 19.8 Å². The maximum atomic E-state index is 14.0. The van der Waals surface area contributed by atoms with Crippen LogP contribution in [0, 0.1) is 18.8 Å². The van der Waals surface area contributed by atoms with Crippen molar-refractivity contribution in [2.75, 3.05) is 38.5 Å². The van der Waals surface area contributed by atoms with Gasteiger partial charge in [-0.3, -0.25) is 9.69 Å². The van der Waals surface area contributed by atoms with Crippen LogP contribution in [-0.4, -0.2) is 58.9 Å². The van der Waals surface area contributed by atoms with Gasteiger partial charge in [0.1, 0.15) is 6.33 Å². The highest BCUT2D eigenvalue weighted by atomic mass is 19.4. The molecule has 40 heavy (non-hydrogen) atoms. The highest BCUT2D eigenvalue weighted by Crippen LogP contribution is 2.34. The lowest BCUT2D eigenvalue weighted by Crippen LogP contribution is -2.44. The molecule has 4 aromatic rings. The molecule has 1 aliphatic heterocycles. The number of nitrogens with zero attached hydrogens (tertiary/aromatic N) is 4. The van der Waals surface area contributed by atoms with Crippen LogP contribution in [0.3, 0.4) is 0 Å². The topological polar surface area (TPSA) is 61.4 Å². The van der Waals surface area contributed by atoms with E-state index in [2.05, 4.69) is 32.0 Å². The minimum Gasteiger partial charge on any atom is -0.322 e. The van der Waals surface area contributed by atoms with Gasteiger partial charge >= 0.3 is 6.18 Å². The molecule has 9 heteroatoms. The second-order valence-electron chi connectivity index (χ2n) is 9.98. The Morgan fingerprint density at radius 1 is 1.00 bits per heavy atom. The lowest BCUT2D eigenvalue weighted by Gasteiger charge is -2.33. The number of piperazine rings is 1. The molecule has 0 aliphatic carbocycles. The predicted octanol–water partition coefficient (Wildman–Crippen LogP) is 5.36. The molecule has 6 nitrogen and oxygen atoms in total. The van der Waals surface area contributed by atoms with Crippen LogP contribution in [0.4, 0.5) is 18.9 Å². The Morgan fingerprint density at radius 2 is 1.80 bits per heavy atom. The van der Waals surface area contributed by atoms with E-state index in [-0.39, 0.29) is 17.8 Å². The summed E-state index contributed by atoms with van der Waals surface area (Å²) in [7, 11) is 2.00. The van der Waals surface area contributed by atoms with Gasteiger partial charge in [0.15, 0.2) is 0 Å². The van der Waals surface area contributed by atoms with Crippen molar-refractivity contribution in [1.29, 1.82) is 0 Å². The first kappa shape index (κ1) is 27.3. The summed E-state index contributed by atoms with van der Waals surface area (Å²) < 4.78 is 41.9. The molecule has 1 saturated heterocycles. The molecule has 0 atom stereocenters. The van der Waals surface area contributed by atoms with Crippen molar-refractivity contribution >= 4 is 22.5 Å². The summed E-state index contributed by atoms with van der Waals surface area (Å²) in [5, 5.41) is 3.49. The molecular formula is C31H28F3N5O. The molecule has 0 spiro atoms. The van der Waals surface area contributed by atoms with Crippen molar-refractivity contribution in [2.45, 2.75) is 19.6 Å². The second kappa shape index (κ2) is 11.5. The highest BCUT2D eigenvalue weighted by Gasteiger charge is 2.34. The van der Waals surface area contributed by atoms with E-state index in [1.54, 1.807) is 24.4 Å². The summed E-state index contributed by atoms with van der Waals surface area (Å²) in [6.07, 6.45) is -1.34. The van der Waals surface area contributed by atoms with Crippen molar-refractivity contribution in [3.8, 4) is 11.8 Å². The number of aromatic nitrogens is 2. The Hall–Kier alpha value is -4.26. The van der Waals surface area contributed by atoms with Crippen LogP contribution < -0.4 is 5.32 Å². The van der Waals surface area contributed by atoms with Crippen LogP contribution >= 0.6 is 0 Å². The van der Waals surface area contributed by atoms with Crippen LogP contribution in [0.25, 0.3) is 10.9 Å². The first-order chi connectivity index (χ1) is 19.2. The third-order valence-corrected chi connectivity index (χ3v) is 7.01. The normalized spacial score (nSPS) is 14.5. The van der Waals surface area contributed by atoms with E-state index < -0.39 is 17.6 Å². The Morgan fingerprint density at radius 3 is 2.58 bits per heavy atom. The first-order valence-electron chi connectivity index (χ1n) is 12.9. The molecule has 5 rings (SSSR count). The monoisotopic (exact) mass is 543 g/mol. The average Bonchev–Trinajstić information content (AvgIpc) is 2.94. The SMILES string of the molecule is Cc1ccc(C(=O)Nc2ccc(CN3CCN(C)CC3)c(C(F)(F)F)c2)cc1C#Cc1ccc2ncncc2c1. The number of alkyl halides is 3. The average molecular weight is 544 g/mol. The number of rotatable bonds is 4. The minimum atomic E-state index is -4.54. The maximum Gasteiger partial charge on any atom is 0.416 e. The number of likely N-dealkylation sites (N-methyl/N-ethyl adjacent to an activating group) is 1. The number of nitrogens with one attached hydrogen (secondary N) is 1. The first-order valence-corrected chi connectivity index (χ1v) is 12.9. The number of aryl methyl sites for hydroxylation is 1. The number of halogens is 3. The molecule has 0 radical (unpaired) electrons. The number of amides is 1. The Balaban J connectivity index is 1.34. The van der Waals surface area contributed by atoms with E-state index in [0.29, 0.717) is 24.2 Å². The third kappa shape index (κ3) is 6.47. The van der Waals surface area contributed by atoms with Gasteiger partial charge in [0.25, 0.3) is 5.91 Å². The molecule has 2 heterocycles. The Labute approximate surface area is 230 Å². The molecule has 1 N–H and O–H groups in total. The Bertz CT molecular complexity index is 1620. The molecule has 1 amide bonds. The van der Waals surface area contributed by atoms with Crippen LogP contribution in [-0.2, 0) is 12.7 Å². The summed E-state index contributed by atoms with van der Waals surface area (Å²) >= 11 is 0. The zero-order valence-electron chi connectivity index (χ0n) is 22.2. The van der Waals surface area contributed by atoms with Crippen LogP contribution in [0.5, 0.6) is 0 Å². The maximum absolute atomic E-state index is 14.0. The number of fused-ring (bicyclic) bond motifs is 1. The molecule has 1 aromatic heterocycles. The standard InChI is InChI=1S/C31H28F3N5O/c1-21-3-6-24(16-23(21)7-4-22-5-10-29-26(15-22)18-35-20-36-29)30(40)37-27-9-8-25(28(17-27)31(32,33)34)19-39-13-11-38(2)12-14-39/h3,5-6,8-10,15-18,20H,11-14,19H2,1-2H3,(H,37,40). The number of benzene rings is 3. The van der Waals surface area contributed by atoms with Crippen molar-refractivity contribution < 1.29 is 18.0 Å². The van der Waals surface area contributed by atoms with Gasteiger partial charge in [-0.2, -0.15) is 13.2 Å². The summed E-state index contributed by atoms with van der Waals surface area (Å²) in [5.41, 5.74) is 2.97. The lowest BCUT2D eigenvalue weighted by molar-refractivity contribution is -0.138. The third-order valence-electron chi connectivity index (χ3n) is 7.01. The summed E-state index contributed by atoms with van der Waals surface area (Å²) in [5.74, 6) is 5.70. The number of carbonyl (C=O) groups excluding carboxylic acids is 1. The quantitative estimate of drug-likeness (QED) is 0.352. The van der Waals surface area contributed by atoms with Gasteiger partial charge in [0.2, 0.25) is 0 Å². The van der Waals surface area contributed by atoms with E-state index in [1.807, 2.05) is 37.1 Å². The summed E-state index contributed by atoms with van der Waals surface area (Å²) in [4.78, 5) is 25.4. The molecular weight excluding hydrogens is 515 g/mol. The van der Waals surface area contributed by atoms with Gasteiger partial charge in [-0.1, -0.05) is 24.0 Å². The lowest BCUT2D eigenvalue weighted by atomic mass is 10.0. The van der Waals surface area contributed by atoms with E-state index in [1.165, 1.54) is 18.5 Å². The van der Waals surface area contributed by atoms with Crippen molar-refractivity contribution in [3.63, 3.8) is 0 Å². The van der Waals surface area contributed by atoms with E-state index in [9.17, 15) is 18.0 Å². The van der Waals surface area contributed by atoms with Crippen molar-refractivity contribution in [2.24, 2.45) is 0 Å². The van der Waals surface area contributed by atoms with Gasteiger partial charge in [0.05, 0.1) is 11.1 Å². The van der Waals surface area contributed by atoms with Crippen molar-refractivity contribution in [3.05, 3.63) is 101 Å². The van der Waals surface area contributed by atoms with Gasteiger partial charge < -0.3 is 10.2 Å². The fourth-order valence-electron chi connectivity index (χ4n) is 4.61. The number of anilines is 1. The smallest absolute Gasteiger partial charge is 0.322 e. The van der Waals surface area contributed by atoms with Crippen LogP contribution in [0.15, 0.2) is 67.1 Å². The minimum absolute atomic E-state index is 0.0889. The fraction of sp³-hybridized carbons (Fsp3) is 0.258. The van der Waals surface area contributed by atoms with E-state index >= 15 is 0 Å². The molecule has 1 fully saturated rings. The van der Waals surface area contributed by atoms with E-state index in [0.717, 1.165) is 41.2 Å². The number of hydrogen-bond donors (Lipinski definition) is 1. The Kier molecular flexibility index (Phi) is 7.83. The molecule has 1 aliphatic rings.